The average molecular weight is 204 g/mol. The van der Waals surface area contributed by atoms with Gasteiger partial charge < -0.3 is 15.8 Å². The third-order valence-electron chi connectivity index (χ3n) is 2.69. The Bertz CT molecular complexity index is 488. The molecule has 4 N–H and O–H groups in total. The highest BCUT2D eigenvalue weighted by molar-refractivity contribution is 5.84. The van der Waals surface area contributed by atoms with Crippen molar-refractivity contribution in [3.8, 4) is 0 Å². The van der Waals surface area contributed by atoms with Crippen LogP contribution in [0.2, 0.25) is 0 Å². The summed E-state index contributed by atoms with van der Waals surface area (Å²) < 4.78 is 0. The lowest BCUT2D eigenvalue weighted by Gasteiger charge is -2.03. The maximum Gasteiger partial charge on any atom is 0.0683 e. The van der Waals surface area contributed by atoms with Gasteiger partial charge in [-0.15, -0.1) is 0 Å². The number of aryl methyl sites for hydroxylation is 2. The van der Waals surface area contributed by atoms with Crippen LogP contribution in [0, 0.1) is 13.8 Å². The van der Waals surface area contributed by atoms with Crippen molar-refractivity contribution in [1.82, 2.24) is 4.98 Å². The van der Waals surface area contributed by atoms with E-state index in [9.17, 15) is 0 Å². The lowest BCUT2D eigenvalue weighted by atomic mass is 10.1. The second-order valence-electron chi connectivity index (χ2n) is 4.06. The molecule has 0 fully saturated rings. The molecule has 1 aromatic carbocycles. The van der Waals surface area contributed by atoms with Crippen LogP contribution in [0.5, 0.6) is 0 Å². The van der Waals surface area contributed by atoms with Gasteiger partial charge in [-0.3, -0.25) is 0 Å². The van der Waals surface area contributed by atoms with Gasteiger partial charge in [0.25, 0.3) is 0 Å². The zero-order valence-corrected chi connectivity index (χ0v) is 9.04. The fraction of sp³-hybridized carbons (Fsp3) is 0.333. The van der Waals surface area contributed by atoms with Crippen molar-refractivity contribution in [3.63, 3.8) is 0 Å². The number of nitrogens with one attached hydrogen (secondary N) is 1. The van der Waals surface area contributed by atoms with Crippen molar-refractivity contribution in [2.75, 3.05) is 6.61 Å². The number of rotatable bonds is 2. The molecule has 1 unspecified atom stereocenters. The Morgan fingerprint density at radius 2 is 2.07 bits per heavy atom. The van der Waals surface area contributed by atoms with Crippen LogP contribution in [0.4, 0.5) is 0 Å². The van der Waals surface area contributed by atoms with Crippen molar-refractivity contribution in [3.05, 3.63) is 35.0 Å². The highest BCUT2D eigenvalue weighted by atomic mass is 16.3. The molecule has 2 rings (SSSR count). The Labute approximate surface area is 88.9 Å². The number of aliphatic hydroxyl groups excluding tert-OH is 1. The van der Waals surface area contributed by atoms with Crippen LogP contribution in [-0.4, -0.2) is 16.7 Å². The maximum atomic E-state index is 8.99. The van der Waals surface area contributed by atoms with E-state index in [1.807, 2.05) is 6.07 Å². The van der Waals surface area contributed by atoms with Crippen LogP contribution < -0.4 is 5.73 Å². The van der Waals surface area contributed by atoms with E-state index in [2.05, 4.69) is 31.0 Å². The number of aliphatic hydroxyl groups is 1. The molecular weight excluding hydrogens is 188 g/mol. The second kappa shape index (κ2) is 3.68. The van der Waals surface area contributed by atoms with E-state index in [0.29, 0.717) is 0 Å². The predicted molar refractivity (Wildman–Crippen MR) is 61.8 cm³/mol. The molecule has 0 bridgehead atoms. The van der Waals surface area contributed by atoms with Crippen molar-refractivity contribution < 1.29 is 5.11 Å². The molecule has 0 saturated carbocycles. The fourth-order valence-electron chi connectivity index (χ4n) is 1.93. The minimum absolute atomic E-state index is 0.0369. The summed E-state index contributed by atoms with van der Waals surface area (Å²) in [5.74, 6) is 0. The van der Waals surface area contributed by atoms with Crippen molar-refractivity contribution in [1.29, 1.82) is 0 Å². The van der Waals surface area contributed by atoms with Gasteiger partial charge in [-0.25, -0.2) is 0 Å². The van der Waals surface area contributed by atoms with E-state index in [0.717, 1.165) is 16.6 Å². The van der Waals surface area contributed by atoms with Gasteiger partial charge in [0.1, 0.15) is 0 Å². The summed E-state index contributed by atoms with van der Waals surface area (Å²) in [7, 11) is 0. The van der Waals surface area contributed by atoms with E-state index in [4.69, 9.17) is 10.8 Å². The summed E-state index contributed by atoms with van der Waals surface area (Å²) in [5, 5.41) is 10.2. The van der Waals surface area contributed by atoms with E-state index in [1.165, 1.54) is 11.1 Å². The molecule has 3 nitrogen and oxygen atoms in total. The zero-order valence-electron chi connectivity index (χ0n) is 9.04. The number of nitrogens with two attached hydrogens (primary N) is 1. The average Bonchev–Trinajstić information content (AvgIpc) is 2.60. The van der Waals surface area contributed by atoms with E-state index in [1.54, 1.807) is 0 Å². The summed E-state index contributed by atoms with van der Waals surface area (Å²) in [5.41, 5.74) is 10.2. The van der Waals surface area contributed by atoms with Crippen LogP contribution in [-0.2, 0) is 0 Å². The van der Waals surface area contributed by atoms with Gasteiger partial charge in [0.2, 0.25) is 0 Å². The number of hydrogen-bond donors (Lipinski definition) is 3. The number of aromatic nitrogens is 1. The molecule has 1 heterocycles. The first kappa shape index (κ1) is 10.2. The van der Waals surface area contributed by atoms with Gasteiger partial charge in [0.05, 0.1) is 12.6 Å². The minimum atomic E-state index is -0.322. The monoisotopic (exact) mass is 204 g/mol. The van der Waals surface area contributed by atoms with Crippen LogP contribution in [0.25, 0.3) is 10.9 Å². The zero-order chi connectivity index (χ0) is 11.0. The predicted octanol–water partition coefficient (Wildman–Crippen LogP) is 1.78. The molecule has 15 heavy (non-hydrogen) atoms. The van der Waals surface area contributed by atoms with Crippen molar-refractivity contribution in [2.24, 2.45) is 5.73 Å². The summed E-state index contributed by atoms with van der Waals surface area (Å²) in [6, 6.07) is 5.94. The molecule has 2 aromatic rings. The van der Waals surface area contributed by atoms with E-state index >= 15 is 0 Å². The fourth-order valence-corrected chi connectivity index (χ4v) is 1.93. The van der Waals surface area contributed by atoms with Crippen LogP contribution in [0.3, 0.4) is 0 Å². The van der Waals surface area contributed by atoms with Gasteiger partial charge in [0, 0.05) is 16.6 Å². The highest BCUT2D eigenvalue weighted by Crippen LogP contribution is 2.23. The molecule has 80 valence electrons. The van der Waals surface area contributed by atoms with E-state index < -0.39 is 0 Å². The highest BCUT2D eigenvalue weighted by Gasteiger charge is 2.09. The molecule has 0 aliphatic rings. The smallest absolute Gasteiger partial charge is 0.0683 e. The van der Waals surface area contributed by atoms with Crippen molar-refractivity contribution in [2.45, 2.75) is 19.9 Å². The second-order valence-corrected chi connectivity index (χ2v) is 4.06. The standard InChI is InChI=1S/C12H16N2O/c1-7-3-8(2)12-9(4-7)5-11(14-12)10(13)6-15/h3-5,10,14-15H,6,13H2,1-2H3. The molecule has 1 aromatic heterocycles. The Balaban J connectivity index is 2.60. The molecule has 0 amide bonds. The number of aromatic amines is 1. The summed E-state index contributed by atoms with van der Waals surface area (Å²) in [4.78, 5) is 3.26. The Hall–Kier alpha value is -1.32. The lowest BCUT2D eigenvalue weighted by molar-refractivity contribution is 0.266. The molecule has 0 aliphatic heterocycles. The number of benzene rings is 1. The van der Waals surface area contributed by atoms with Crippen LogP contribution in [0.1, 0.15) is 22.9 Å². The number of hydrogen-bond acceptors (Lipinski definition) is 2. The summed E-state index contributed by atoms with van der Waals surface area (Å²) >= 11 is 0. The topological polar surface area (TPSA) is 62.0 Å². The largest absolute Gasteiger partial charge is 0.394 e. The molecular formula is C12H16N2O. The summed E-state index contributed by atoms with van der Waals surface area (Å²) in [6.45, 7) is 4.11. The maximum absolute atomic E-state index is 8.99. The van der Waals surface area contributed by atoms with Gasteiger partial charge in [-0.1, -0.05) is 11.6 Å². The first-order valence-corrected chi connectivity index (χ1v) is 5.08. The van der Waals surface area contributed by atoms with Gasteiger partial charge in [-0.05, 0) is 31.5 Å². The molecule has 0 saturated heterocycles. The number of fused-ring (bicyclic) bond motifs is 1. The van der Waals surface area contributed by atoms with Gasteiger partial charge in [-0.2, -0.15) is 0 Å². The van der Waals surface area contributed by atoms with Crippen LogP contribution in [0.15, 0.2) is 18.2 Å². The minimum Gasteiger partial charge on any atom is -0.394 e. The number of H-pyrrole nitrogens is 1. The van der Waals surface area contributed by atoms with Gasteiger partial charge in [0.15, 0.2) is 0 Å². The SMILES string of the molecule is Cc1cc(C)c2[nH]c(C(N)CO)cc2c1. The molecule has 1 atom stereocenters. The van der Waals surface area contributed by atoms with Crippen molar-refractivity contribution >= 4 is 10.9 Å². The third-order valence-corrected chi connectivity index (χ3v) is 2.69. The Morgan fingerprint density at radius 3 is 2.73 bits per heavy atom. The van der Waals surface area contributed by atoms with Crippen LogP contribution >= 0.6 is 0 Å². The first-order chi connectivity index (χ1) is 7.11. The Kier molecular flexibility index (Phi) is 2.50. The first-order valence-electron chi connectivity index (χ1n) is 5.08. The molecule has 0 spiro atoms. The molecule has 3 heteroatoms. The Morgan fingerprint density at radius 1 is 1.33 bits per heavy atom. The van der Waals surface area contributed by atoms with E-state index in [-0.39, 0.29) is 12.6 Å². The van der Waals surface area contributed by atoms with Gasteiger partial charge >= 0.3 is 0 Å². The third kappa shape index (κ3) is 1.76. The molecule has 0 radical (unpaired) electrons. The quantitative estimate of drug-likeness (QED) is 0.698. The summed E-state index contributed by atoms with van der Waals surface area (Å²) in [6.07, 6.45) is 0. The molecule has 0 aliphatic carbocycles. The lowest BCUT2D eigenvalue weighted by Crippen LogP contribution is -2.14. The normalized spacial score (nSPS) is 13.3.